The lowest BCUT2D eigenvalue weighted by Gasteiger charge is -2.29. The van der Waals surface area contributed by atoms with Crippen LogP contribution in [0, 0.1) is 5.92 Å². The Morgan fingerprint density at radius 2 is 1.76 bits per heavy atom. The number of urea groups is 1. The van der Waals surface area contributed by atoms with Crippen molar-refractivity contribution in [3.05, 3.63) is 0 Å². The van der Waals surface area contributed by atoms with E-state index in [-0.39, 0.29) is 18.0 Å². The second-order valence-corrected chi connectivity index (χ2v) is 4.55. The minimum atomic E-state index is -0.992. The van der Waals surface area contributed by atoms with E-state index in [9.17, 15) is 9.59 Å². The highest BCUT2D eigenvalue weighted by Crippen LogP contribution is 2.07. The third kappa shape index (κ3) is 4.63. The summed E-state index contributed by atoms with van der Waals surface area (Å²) in [6.45, 7) is 9.96. The van der Waals surface area contributed by atoms with Crippen LogP contribution >= 0.6 is 0 Å². The lowest BCUT2D eigenvalue weighted by atomic mass is 10.1. The van der Waals surface area contributed by atoms with Gasteiger partial charge in [0, 0.05) is 12.6 Å². The minimum absolute atomic E-state index is 0.113. The van der Waals surface area contributed by atoms with Crippen LogP contribution in [0.1, 0.15) is 41.0 Å². The van der Waals surface area contributed by atoms with Crippen LogP contribution in [0.25, 0.3) is 0 Å². The van der Waals surface area contributed by atoms with Gasteiger partial charge in [-0.25, -0.2) is 9.59 Å². The molecule has 0 bridgehead atoms. The Hall–Kier alpha value is -1.26. The Labute approximate surface area is 103 Å². The molecule has 0 rings (SSSR count). The van der Waals surface area contributed by atoms with Crippen LogP contribution in [0.5, 0.6) is 0 Å². The van der Waals surface area contributed by atoms with Crippen LogP contribution in [0.3, 0.4) is 0 Å². The lowest BCUT2D eigenvalue weighted by Crippen LogP contribution is -2.52. The van der Waals surface area contributed by atoms with Gasteiger partial charge in [0.25, 0.3) is 0 Å². The number of hydrogen-bond donors (Lipinski definition) is 2. The maximum absolute atomic E-state index is 11.9. The highest BCUT2D eigenvalue weighted by Gasteiger charge is 2.26. The third-order valence-corrected chi connectivity index (χ3v) is 2.94. The van der Waals surface area contributed by atoms with Gasteiger partial charge in [-0.3, -0.25) is 0 Å². The zero-order valence-electron chi connectivity index (χ0n) is 11.4. The Kier molecular flexibility index (Phi) is 6.61. The Bertz CT molecular complexity index is 266. The number of carboxylic acids is 1. The first-order chi connectivity index (χ1) is 7.84. The topological polar surface area (TPSA) is 69.6 Å². The second kappa shape index (κ2) is 7.14. The molecule has 5 heteroatoms. The van der Waals surface area contributed by atoms with Crippen LogP contribution in [0.2, 0.25) is 0 Å². The first-order valence-corrected chi connectivity index (χ1v) is 6.15. The fraction of sp³-hybridized carbons (Fsp3) is 0.833. The number of nitrogens with zero attached hydrogens (tertiary/aromatic N) is 1. The summed E-state index contributed by atoms with van der Waals surface area (Å²) in [6, 6.07) is -1.02. The van der Waals surface area contributed by atoms with E-state index in [1.165, 1.54) is 0 Å². The fourth-order valence-electron chi connectivity index (χ4n) is 1.61. The van der Waals surface area contributed by atoms with Gasteiger partial charge in [0.15, 0.2) is 0 Å². The Morgan fingerprint density at radius 1 is 1.24 bits per heavy atom. The number of carboxylic acid groups (broad SMARTS) is 1. The van der Waals surface area contributed by atoms with Crippen molar-refractivity contribution in [1.82, 2.24) is 10.2 Å². The Balaban J connectivity index is 4.63. The predicted octanol–water partition coefficient (Wildman–Crippen LogP) is 1.93. The number of hydrogen-bond acceptors (Lipinski definition) is 2. The van der Waals surface area contributed by atoms with Crippen molar-refractivity contribution in [2.24, 2.45) is 5.92 Å². The van der Waals surface area contributed by atoms with E-state index in [1.54, 1.807) is 18.7 Å². The number of nitrogens with one attached hydrogen (secondary N) is 1. The molecule has 2 atom stereocenters. The molecule has 0 heterocycles. The molecule has 5 nitrogen and oxygen atoms in total. The predicted molar refractivity (Wildman–Crippen MR) is 66.9 cm³/mol. The molecule has 0 aromatic rings. The molecule has 0 aliphatic rings. The number of rotatable bonds is 6. The van der Waals surface area contributed by atoms with Crippen LogP contribution < -0.4 is 5.32 Å². The number of amides is 2. The molecule has 0 aromatic heterocycles. The van der Waals surface area contributed by atoms with Gasteiger partial charge in [0.05, 0.1) is 0 Å². The van der Waals surface area contributed by atoms with Gasteiger partial charge >= 0.3 is 12.0 Å². The summed E-state index contributed by atoms with van der Waals surface area (Å²) in [5.41, 5.74) is 0. The van der Waals surface area contributed by atoms with Gasteiger partial charge in [-0.1, -0.05) is 20.8 Å². The van der Waals surface area contributed by atoms with Gasteiger partial charge in [-0.15, -0.1) is 0 Å². The quantitative estimate of drug-likeness (QED) is 0.750. The fourth-order valence-corrected chi connectivity index (χ4v) is 1.61. The van der Waals surface area contributed by atoms with Gasteiger partial charge < -0.3 is 15.3 Å². The molecule has 0 aromatic carbocycles. The number of carbonyl (C=O) groups excluding carboxylic acids is 1. The van der Waals surface area contributed by atoms with E-state index in [0.717, 1.165) is 6.42 Å². The zero-order chi connectivity index (χ0) is 13.6. The van der Waals surface area contributed by atoms with Crippen molar-refractivity contribution < 1.29 is 14.7 Å². The maximum Gasteiger partial charge on any atom is 0.326 e. The first-order valence-electron chi connectivity index (χ1n) is 6.15. The molecule has 0 spiro atoms. The van der Waals surface area contributed by atoms with Crippen molar-refractivity contribution in [3.8, 4) is 0 Å². The van der Waals surface area contributed by atoms with Crippen LogP contribution in [0.15, 0.2) is 0 Å². The molecule has 2 N–H and O–H groups in total. The van der Waals surface area contributed by atoms with Crippen molar-refractivity contribution in [2.75, 3.05) is 6.54 Å². The van der Waals surface area contributed by atoms with Gasteiger partial charge in [-0.2, -0.15) is 0 Å². The third-order valence-electron chi connectivity index (χ3n) is 2.94. The van der Waals surface area contributed by atoms with Crippen molar-refractivity contribution in [3.63, 3.8) is 0 Å². The highest BCUT2D eigenvalue weighted by molar-refractivity contribution is 5.82. The summed E-state index contributed by atoms with van der Waals surface area (Å²) in [7, 11) is 0. The molecule has 0 aliphatic heterocycles. The summed E-state index contributed by atoms with van der Waals surface area (Å²) < 4.78 is 0. The van der Waals surface area contributed by atoms with E-state index < -0.39 is 12.0 Å². The first kappa shape index (κ1) is 15.7. The minimum Gasteiger partial charge on any atom is -0.480 e. The number of aliphatic carboxylic acids is 1. The molecule has 100 valence electrons. The SMILES string of the molecule is CCC(C)N(CC)C(=O)N[C@@H](C(=O)O)C(C)C. The van der Waals surface area contributed by atoms with Gasteiger partial charge in [-0.05, 0) is 26.2 Å². The molecule has 0 saturated heterocycles. The van der Waals surface area contributed by atoms with Gasteiger partial charge in [0.2, 0.25) is 0 Å². The summed E-state index contributed by atoms with van der Waals surface area (Å²) in [5, 5.41) is 11.6. The zero-order valence-corrected chi connectivity index (χ0v) is 11.4. The van der Waals surface area contributed by atoms with Crippen molar-refractivity contribution >= 4 is 12.0 Å². The lowest BCUT2D eigenvalue weighted by molar-refractivity contribution is -0.140. The molecule has 0 fully saturated rings. The molecule has 0 radical (unpaired) electrons. The molecule has 1 unspecified atom stereocenters. The summed E-state index contributed by atoms with van der Waals surface area (Å²) in [4.78, 5) is 24.6. The normalized spacial score (nSPS) is 14.2. The highest BCUT2D eigenvalue weighted by atomic mass is 16.4. The van der Waals surface area contributed by atoms with E-state index in [2.05, 4.69) is 5.32 Å². The maximum atomic E-state index is 11.9. The smallest absolute Gasteiger partial charge is 0.326 e. The molecule has 0 saturated carbocycles. The largest absolute Gasteiger partial charge is 0.480 e. The van der Waals surface area contributed by atoms with E-state index in [0.29, 0.717) is 6.54 Å². The average Bonchev–Trinajstić information content (AvgIpc) is 2.25. The Morgan fingerprint density at radius 3 is 2.06 bits per heavy atom. The summed E-state index contributed by atoms with van der Waals surface area (Å²) in [6.07, 6.45) is 0.848. The molecule has 17 heavy (non-hydrogen) atoms. The molecule has 0 aliphatic carbocycles. The summed E-state index contributed by atoms with van der Waals surface area (Å²) >= 11 is 0. The van der Waals surface area contributed by atoms with Crippen LogP contribution in [-0.2, 0) is 4.79 Å². The van der Waals surface area contributed by atoms with Crippen LogP contribution in [0.4, 0.5) is 4.79 Å². The van der Waals surface area contributed by atoms with E-state index >= 15 is 0 Å². The number of carbonyl (C=O) groups is 2. The van der Waals surface area contributed by atoms with E-state index in [1.807, 2.05) is 20.8 Å². The van der Waals surface area contributed by atoms with E-state index in [4.69, 9.17) is 5.11 Å². The van der Waals surface area contributed by atoms with Crippen molar-refractivity contribution in [2.45, 2.75) is 53.1 Å². The standard InChI is InChI=1S/C12H24N2O3/c1-6-9(5)14(7-2)12(17)13-10(8(3)4)11(15)16/h8-10H,6-7H2,1-5H3,(H,13,17)(H,15,16)/t9?,10-/m1/s1. The summed E-state index contributed by atoms with van der Waals surface area (Å²) in [5.74, 6) is -1.12. The molecular weight excluding hydrogens is 220 g/mol. The monoisotopic (exact) mass is 244 g/mol. The van der Waals surface area contributed by atoms with Crippen molar-refractivity contribution in [1.29, 1.82) is 0 Å². The van der Waals surface area contributed by atoms with Gasteiger partial charge in [0.1, 0.15) is 6.04 Å². The average molecular weight is 244 g/mol. The molecular formula is C12H24N2O3. The molecule has 2 amide bonds. The second-order valence-electron chi connectivity index (χ2n) is 4.55. The van der Waals surface area contributed by atoms with Crippen LogP contribution in [-0.4, -0.2) is 40.6 Å².